The molecule has 2 aromatic carbocycles. The Hall–Kier alpha value is -3.70. The van der Waals surface area contributed by atoms with Crippen LogP contribution in [0.4, 0.5) is 10.7 Å². The van der Waals surface area contributed by atoms with Gasteiger partial charge in [-0.3, -0.25) is 9.52 Å². The van der Waals surface area contributed by atoms with Gasteiger partial charge in [0.25, 0.3) is 15.9 Å². The highest BCUT2D eigenvalue weighted by molar-refractivity contribution is 7.92. The van der Waals surface area contributed by atoms with Crippen molar-refractivity contribution in [2.24, 2.45) is 0 Å². The van der Waals surface area contributed by atoms with E-state index in [0.717, 1.165) is 41.7 Å². The second-order valence-electron chi connectivity index (χ2n) is 9.21. The first-order valence-electron chi connectivity index (χ1n) is 12.6. The number of carbonyl (C=O) groups is 3. The van der Waals surface area contributed by atoms with Crippen LogP contribution in [-0.2, 0) is 37.1 Å². The van der Waals surface area contributed by atoms with Crippen molar-refractivity contribution in [2.75, 3.05) is 23.3 Å². The van der Waals surface area contributed by atoms with Gasteiger partial charge >= 0.3 is 11.9 Å². The summed E-state index contributed by atoms with van der Waals surface area (Å²) in [4.78, 5) is 38.9. The highest BCUT2D eigenvalue weighted by Gasteiger charge is 2.27. The fourth-order valence-electron chi connectivity index (χ4n) is 4.33. The maximum atomic E-state index is 12.8. The Bertz CT molecular complexity index is 1510. The van der Waals surface area contributed by atoms with Gasteiger partial charge in [0.1, 0.15) is 5.00 Å². The molecule has 1 aromatic heterocycles. The van der Waals surface area contributed by atoms with E-state index in [4.69, 9.17) is 9.47 Å². The second-order valence-corrected chi connectivity index (χ2v) is 12.0. The van der Waals surface area contributed by atoms with Crippen molar-refractivity contribution in [2.45, 2.75) is 51.3 Å². The number of hydrogen-bond acceptors (Lipinski definition) is 8. The Morgan fingerprint density at radius 1 is 0.949 bits per heavy atom. The third-order valence-electron chi connectivity index (χ3n) is 6.24. The number of carbonyl (C=O) groups excluding carboxylic acids is 3. The number of rotatable bonds is 9. The molecule has 1 amide bonds. The van der Waals surface area contributed by atoms with Crippen molar-refractivity contribution in [1.29, 1.82) is 0 Å². The number of fused-ring (bicyclic) bond motifs is 1. The van der Waals surface area contributed by atoms with Crippen LogP contribution in [0.25, 0.3) is 0 Å². The number of anilines is 2. The summed E-state index contributed by atoms with van der Waals surface area (Å²) in [5.41, 5.74) is 3.16. The molecule has 0 aliphatic heterocycles. The molecule has 1 aliphatic rings. The molecule has 1 heterocycles. The molecule has 39 heavy (non-hydrogen) atoms. The van der Waals surface area contributed by atoms with Crippen LogP contribution in [-0.4, -0.2) is 39.5 Å². The third kappa shape index (κ3) is 6.66. The molecule has 1 aliphatic carbocycles. The van der Waals surface area contributed by atoms with Crippen LogP contribution in [0.1, 0.15) is 62.0 Å². The van der Waals surface area contributed by atoms with E-state index in [9.17, 15) is 22.8 Å². The van der Waals surface area contributed by atoms with E-state index >= 15 is 0 Å². The minimum absolute atomic E-state index is 0.149. The summed E-state index contributed by atoms with van der Waals surface area (Å²) in [6, 6.07) is 10.9. The van der Waals surface area contributed by atoms with Crippen molar-refractivity contribution < 1.29 is 32.3 Å². The van der Waals surface area contributed by atoms with Gasteiger partial charge in [0, 0.05) is 10.6 Å². The molecule has 0 saturated carbocycles. The number of esters is 2. The molecule has 9 nitrogen and oxygen atoms in total. The fraction of sp³-hybridized carbons (Fsp3) is 0.321. The monoisotopic (exact) mass is 570 g/mol. The van der Waals surface area contributed by atoms with Gasteiger partial charge in [-0.15, -0.1) is 11.3 Å². The maximum absolute atomic E-state index is 12.8. The summed E-state index contributed by atoms with van der Waals surface area (Å²) in [5, 5.41) is 3.10. The molecule has 0 unspecified atom stereocenters. The van der Waals surface area contributed by atoms with E-state index in [-0.39, 0.29) is 22.8 Å². The lowest BCUT2D eigenvalue weighted by Gasteiger charge is -2.12. The number of nitrogens with one attached hydrogen (secondary N) is 2. The topological polar surface area (TPSA) is 128 Å². The Balaban J connectivity index is 1.37. The van der Waals surface area contributed by atoms with Crippen molar-refractivity contribution in [3.63, 3.8) is 0 Å². The number of benzene rings is 2. The van der Waals surface area contributed by atoms with Crippen molar-refractivity contribution in [1.82, 2.24) is 0 Å². The Morgan fingerprint density at radius 3 is 2.38 bits per heavy atom. The minimum atomic E-state index is -3.82. The highest BCUT2D eigenvalue weighted by atomic mass is 32.2. The molecular formula is C28H30N2O7S2. The van der Waals surface area contributed by atoms with Crippen molar-refractivity contribution in [3.8, 4) is 0 Å². The van der Waals surface area contributed by atoms with Gasteiger partial charge < -0.3 is 14.8 Å². The van der Waals surface area contributed by atoms with E-state index in [1.54, 1.807) is 26.0 Å². The normalized spacial score (nSPS) is 12.8. The predicted molar refractivity (Wildman–Crippen MR) is 149 cm³/mol. The molecule has 11 heteroatoms. The molecule has 4 rings (SSSR count). The maximum Gasteiger partial charge on any atom is 0.341 e. The highest BCUT2D eigenvalue weighted by Crippen LogP contribution is 2.38. The van der Waals surface area contributed by atoms with E-state index < -0.39 is 34.5 Å². The quantitative estimate of drug-likeness (QED) is 0.346. The Morgan fingerprint density at radius 2 is 1.67 bits per heavy atom. The Labute approximate surface area is 231 Å². The molecule has 0 saturated heterocycles. The smallest absolute Gasteiger partial charge is 0.341 e. The summed E-state index contributed by atoms with van der Waals surface area (Å²) in [5.74, 6) is -1.80. The molecule has 0 radical (unpaired) electrons. The number of hydrogen-bond donors (Lipinski definition) is 2. The standard InChI is InChI=1S/C28H30N2O7S2/c1-4-36-28(33)25-21-7-5-6-8-22(21)38-26(25)29-24(31)16-37-27(32)19-11-13-20(14-12-19)30-39(34,35)23-15-17(2)9-10-18(23)3/h9-15,30H,4-8,16H2,1-3H3,(H,29,31). The van der Waals surface area contributed by atoms with Crippen LogP contribution in [0.5, 0.6) is 0 Å². The first-order valence-corrected chi connectivity index (χ1v) is 14.9. The number of ether oxygens (including phenoxy) is 2. The van der Waals surface area contributed by atoms with Gasteiger partial charge in [-0.2, -0.15) is 0 Å². The van der Waals surface area contributed by atoms with Crippen LogP contribution in [0, 0.1) is 13.8 Å². The lowest BCUT2D eigenvalue weighted by Crippen LogP contribution is -2.22. The van der Waals surface area contributed by atoms with Gasteiger partial charge in [0.2, 0.25) is 0 Å². The first-order chi connectivity index (χ1) is 18.6. The van der Waals surface area contributed by atoms with Gasteiger partial charge in [-0.05, 0) is 93.5 Å². The van der Waals surface area contributed by atoms with Crippen LogP contribution in [0.15, 0.2) is 47.4 Å². The van der Waals surface area contributed by atoms with E-state index in [0.29, 0.717) is 16.1 Å². The number of thiophene rings is 1. The van der Waals surface area contributed by atoms with Crippen LogP contribution in [0.3, 0.4) is 0 Å². The van der Waals surface area contributed by atoms with E-state index in [1.165, 1.54) is 35.6 Å². The van der Waals surface area contributed by atoms with Gasteiger partial charge in [-0.25, -0.2) is 18.0 Å². The molecule has 0 atom stereocenters. The van der Waals surface area contributed by atoms with Gasteiger partial charge in [-0.1, -0.05) is 12.1 Å². The largest absolute Gasteiger partial charge is 0.462 e. The van der Waals surface area contributed by atoms with Gasteiger partial charge in [0.05, 0.1) is 22.6 Å². The average molecular weight is 571 g/mol. The van der Waals surface area contributed by atoms with Crippen molar-refractivity contribution in [3.05, 3.63) is 75.2 Å². The number of aryl methyl sites for hydroxylation is 3. The zero-order chi connectivity index (χ0) is 28.2. The lowest BCUT2D eigenvalue weighted by molar-refractivity contribution is -0.119. The van der Waals surface area contributed by atoms with E-state index in [2.05, 4.69) is 10.0 Å². The summed E-state index contributed by atoms with van der Waals surface area (Å²) < 4.78 is 38.5. The Kier molecular flexibility index (Phi) is 8.71. The summed E-state index contributed by atoms with van der Waals surface area (Å²) in [6.45, 7) is 4.92. The predicted octanol–water partition coefficient (Wildman–Crippen LogP) is 5.02. The fourth-order valence-corrected chi connectivity index (χ4v) is 7.01. The molecule has 2 N–H and O–H groups in total. The number of amides is 1. The molecule has 206 valence electrons. The van der Waals surface area contributed by atoms with Crippen LogP contribution >= 0.6 is 11.3 Å². The third-order valence-corrected chi connectivity index (χ3v) is 8.97. The lowest BCUT2D eigenvalue weighted by atomic mass is 9.95. The van der Waals surface area contributed by atoms with Crippen LogP contribution in [0.2, 0.25) is 0 Å². The summed E-state index contributed by atoms with van der Waals surface area (Å²) >= 11 is 1.35. The zero-order valence-corrected chi connectivity index (χ0v) is 23.6. The summed E-state index contributed by atoms with van der Waals surface area (Å²) in [6.07, 6.45) is 3.58. The SMILES string of the molecule is CCOC(=O)c1c(NC(=O)COC(=O)c2ccc(NS(=O)(=O)c3cc(C)ccc3C)cc2)sc2c1CCCC2. The first kappa shape index (κ1) is 28.3. The molecule has 3 aromatic rings. The zero-order valence-electron chi connectivity index (χ0n) is 22.0. The van der Waals surface area contributed by atoms with E-state index in [1.807, 2.05) is 13.0 Å². The van der Waals surface area contributed by atoms with Gasteiger partial charge in [0.15, 0.2) is 6.61 Å². The summed E-state index contributed by atoms with van der Waals surface area (Å²) in [7, 11) is -3.82. The van der Waals surface area contributed by atoms with Crippen molar-refractivity contribution >= 4 is 49.9 Å². The average Bonchev–Trinajstić information content (AvgIpc) is 3.26. The van der Waals surface area contributed by atoms with Crippen LogP contribution < -0.4 is 10.0 Å². The number of sulfonamides is 1. The minimum Gasteiger partial charge on any atom is -0.462 e. The second kappa shape index (κ2) is 12.0. The molecule has 0 spiro atoms. The molecular weight excluding hydrogens is 540 g/mol. The molecule has 0 bridgehead atoms. The molecule has 0 fully saturated rings.